The Kier molecular flexibility index (Phi) is 4.50. The van der Waals surface area contributed by atoms with Gasteiger partial charge in [0.05, 0.1) is 0 Å². The zero-order valence-electron chi connectivity index (χ0n) is 6.85. The lowest BCUT2D eigenvalue weighted by Gasteiger charge is -2.24. The SMILES string of the molecule is CC(F)C(F)(F)C(F)(F)S(=O)(=O)O.N. The van der Waals surface area contributed by atoms with Crippen molar-refractivity contribution in [3.05, 3.63) is 0 Å². The van der Waals surface area contributed by atoms with E-state index in [4.69, 9.17) is 4.55 Å². The Labute approximate surface area is 76.4 Å². The van der Waals surface area contributed by atoms with Crippen LogP contribution < -0.4 is 6.15 Å². The highest BCUT2D eigenvalue weighted by Crippen LogP contribution is 2.41. The second-order valence-electron chi connectivity index (χ2n) is 2.23. The summed E-state index contributed by atoms with van der Waals surface area (Å²) in [5.74, 6) is -5.46. The van der Waals surface area contributed by atoms with E-state index in [1.54, 1.807) is 0 Å². The normalized spacial score (nSPS) is 15.9. The summed E-state index contributed by atoms with van der Waals surface area (Å²) in [6.45, 7) is 0.0547. The summed E-state index contributed by atoms with van der Waals surface area (Å²) >= 11 is 0. The first-order valence-corrected chi connectivity index (χ1v) is 4.25. The van der Waals surface area contributed by atoms with Crippen molar-refractivity contribution in [3.8, 4) is 0 Å². The second-order valence-corrected chi connectivity index (χ2v) is 3.69. The van der Waals surface area contributed by atoms with Crippen LogP contribution in [0.25, 0.3) is 0 Å². The lowest BCUT2D eigenvalue weighted by molar-refractivity contribution is -0.192. The molecule has 0 aromatic carbocycles. The number of alkyl halides is 5. The van der Waals surface area contributed by atoms with Crippen molar-refractivity contribution in [1.82, 2.24) is 6.15 Å². The summed E-state index contributed by atoms with van der Waals surface area (Å²) in [6.07, 6.45) is -3.40. The molecule has 0 bridgehead atoms. The summed E-state index contributed by atoms with van der Waals surface area (Å²) in [6, 6.07) is 0. The van der Waals surface area contributed by atoms with Crippen molar-refractivity contribution < 1.29 is 34.9 Å². The van der Waals surface area contributed by atoms with Crippen LogP contribution in [0.5, 0.6) is 0 Å². The van der Waals surface area contributed by atoms with Gasteiger partial charge in [0.2, 0.25) is 0 Å². The minimum atomic E-state index is -6.33. The van der Waals surface area contributed by atoms with Gasteiger partial charge in [-0.3, -0.25) is 4.55 Å². The Hall–Kier alpha value is -0.480. The van der Waals surface area contributed by atoms with Gasteiger partial charge < -0.3 is 6.15 Å². The van der Waals surface area contributed by atoms with Crippen molar-refractivity contribution in [3.63, 3.8) is 0 Å². The average molecular weight is 245 g/mol. The number of halogens is 5. The fourth-order valence-corrected chi connectivity index (χ4v) is 0.910. The molecule has 1 unspecified atom stereocenters. The molecule has 0 spiro atoms. The Bertz CT molecular complexity index is 287. The van der Waals surface area contributed by atoms with Gasteiger partial charge in [-0.2, -0.15) is 26.0 Å². The lowest BCUT2D eigenvalue weighted by Crippen LogP contribution is -2.51. The van der Waals surface area contributed by atoms with Gasteiger partial charge in [-0.05, 0) is 6.92 Å². The number of rotatable bonds is 3. The molecule has 1 atom stereocenters. The average Bonchev–Trinajstić information content (AvgIpc) is 1.84. The first kappa shape index (κ1) is 16.0. The topological polar surface area (TPSA) is 89.4 Å². The Morgan fingerprint density at radius 3 is 1.57 bits per heavy atom. The van der Waals surface area contributed by atoms with Gasteiger partial charge in [0.15, 0.2) is 6.17 Å². The van der Waals surface area contributed by atoms with Crippen LogP contribution in [-0.4, -0.2) is 30.3 Å². The van der Waals surface area contributed by atoms with Crippen LogP contribution in [0.2, 0.25) is 0 Å². The maximum Gasteiger partial charge on any atom is 0.434 e. The molecule has 0 heterocycles. The summed E-state index contributed by atoms with van der Waals surface area (Å²) in [7, 11) is -6.33. The zero-order valence-corrected chi connectivity index (χ0v) is 7.66. The molecule has 0 radical (unpaired) electrons. The van der Waals surface area contributed by atoms with Crippen LogP contribution in [0.4, 0.5) is 22.0 Å². The van der Waals surface area contributed by atoms with E-state index in [1.807, 2.05) is 0 Å². The Morgan fingerprint density at radius 1 is 1.21 bits per heavy atom. The van der Waals surface area contributed by atoms with Gasteiger partial charge in [0.1, 0.15) is 0 Å². The molecule has 4 nitrogen and oxygen atoms in total. The van der Waals surface area contributed by atoms with Gasteiger partial charge >= 0.3 is 21.3 Å². The summed E-state index contributed by atoms with van der Waals surface area (Å²) < 4.78 is 87.7. The van der Waals surface area contributed by atoms with Crippen LogP contribution in [0, 0.1) is 0 Å². The number of hydrogen-bond donors (Lipinski definition) is 2. The maximum atomic E-state index is 12.2. The maximum absolute atomic E-state index is 12.2. The third-order valence-electron chi connectivity index (χ3n) is 1.21. The minimum Gasteiger partial charge on any atom is -0.344 e. The van der Waals surface area contributed by atoms with E-state index in [0.717, 1.165) is 0 Å². The van der Waals surface area contributed by atoms with Crippen LogP contribution in [-0.2, 0) is 10.1 Å². The molecule has 0 aliphatic rings. The van der Waals surface area contributed by atoms with Crippen LogP contribution in [0.3, 0.4) is 0 Å². The molecule has 0 aromatic rings. The van der Waals surface area contributed by atoms with Crippen LogP contribution in [0.1, 0.15) is 6.92 Å². The summed E-state index contributed by atoms with van der Waals surface area (Å²) in [5.41, 5.74) is 0. The van der Waals surface area contributed by atoms with Crippen molar-refractivity contribution in [2.45, 2.75) is 24.3 Å². The van der Waals surface area contributed by atoms with E-state index >= 15 is 0 Å². The summed E-state index contributed by atoms with van der Waals surface area (Å²) in [4.78, 5) is 0. The van der Waals surface area contributed by atoms with Crippen molar-refractivity contribution in [2.75, 3.05) is 0 Å². The number of hydrogen-bond acceptors (Lipinski definition) is 3. The van der Waals surface area contributed by atoms with Gasteiger partial charge in [0.25, 0.3) is 0 Å². The Balaban J connectivity index is 0. The molecule has 0 saturated heterocycles. The highest BCUT2D eigenvalue weighted by molar-refractivity contribution is 7.87. The first-order valence-electron chi connectivity index (χ1n) is 2.81. The molecule has 10 heteroatoms. The highest BCUT2D eigenvalue weighted by atomic mass is 32.2. The molecule has 0 aliphatic heterocycles. The first-order chi connectivity index (χ1) is 5.44. The standard InChI is InChI=1S/C4H5F5O3S.H3N/c1-2(5)3(6,7)4(8,9)13(10,11)12;/h2H,1H3,(H,10,11,12);1H3. The van der Waals surface area contributed by atoms with Gasteiger partial charge in [-0.25, -0.2) is 4.39 Å². The van der Waals surface area contributed by atoms with Gasteiger partial charge in [-0.1, -0.05) is 0 Å². The highest BCUT2D eigenvalue weighted by Gasteiger charge is 2.68. The Morgan fingerprint density at radius 2 is 1.50 bits per heavy atom. The van der Waals surface area contributed by atoms with Crippen LogP contribution >= 0.6 is 0 Å². The fourth-order valence-electron chi connectivity index (χ4n) is 0.404. The molecule has 0 fully saturated rings. The molecule has 0 rings (SSSR count). The largest absolute Gasteiger partial charge is 0.434 e. The van der Waals surface area contributed by atoms with Crippen molar-refractivity contribution in [1.29, 1.82) is 0 Å². The van der Waals surface area contributed by atoms with E-state index in [-0.39, 0.29) is 13.1 Å². The van der Waals surface area contributed by atoms with Crippen molar-refractivity contribution >= 4 is 10.1 Å². The molecular weight excluding hydrogens is 237 g/mol. The van der Waals surface area contributed by atoms with Crippen molar-refractivity contribution in [2.24, 2.45) is 0 Å². The lowest BCUT2D eigenvalue weighted by atomic mass is 10.2. The molecule has 0 aliphatic carbocycles. The quantitative estimate of drug-likeness (QED) is 0.584. The third-order valence-corrected chi connectivity index (χ3v) is 2.13. The van der Waals surface area contributed by atoms with E-state index in [9.17, 15) is 30.4 Å². The molecular formula is C4H8F5NO3S. The fraction of sp³-hybridized carbons (Fsp3) is 1.00. The third kappa shape index (κ3) is 2.30. The van der Waals surface area contributed by atoms with Crippen LogP contribution in [0.15, 0.2) is 0 Å². The molecule has 14 heavy (non-hydrogen) atoms. The predicted octanol–water partition coefficient (Wildman–Crippen LogP) is 1.62. The summed E-state index contributed by atoms with van der Waals surface area (Å²) in [5, 5.41) is -5.83. The minimum absolute atomic E-state index is 0. The predicted molar refractivity (Wildman–Crippen MR) is 37.0 cm³/mol. The molecule has 4 N–H and O–H groups in total. The van der Waals surface area contributed by atoms with E-state index < -0.39 is 27.5 Å². The smallest absolute Gasteiger partial charge is 0.344 e. The molecule has 0 saturated carbocycles. The van der Waals surface area contributed by atoms with E-state index in [2.05, 4.69) is 0 Å². The zero-order chi connectivity index (χ0) is 11.1. The second kappa shape index (κ2) is 3.95. The molecule has 88 valence electrons. The van der Waals surface area contributed by atoms with Gasteiger partial charge in [-0.15, -0.1) is 0 Å². The van der Waals surface area contributed by atoms with Gasteiger partial charge in [0, 0.05) is 0 Å². The van der Waals surface area contributed by atoms with E-state index in [0.29, 0.717) is 0 Å². The molecule has 0 amide bonds. The molecule has 0 aromatic heterocycles. The van der Waals surface area contributed by atoms with E-state index in [1.165, 1.54) is 0 Å². The monoisotopic (exact) mass is 245 g/mol.